The third kappa shape index (κ3) is 3.57. The molecule has 126 valence electrons. The molecule has 0 aromatic heterocycles. The van der Waals surface area contributed by atoms with Crippen LogP contribution in [0.1, 0.15) is 31.9 Å². The molecule has 0 saturated heterocycles. The van der Waals surface area contributed by atoms with E-state index >= 15 is 0 Å². The number of halogens is 2. The van der Waals surface area contributed by atoms with Crippen LogP contribution in [0.3, 0.4) is 0 Å². The van der Waals surface area contributed by atoms with Gasteiger partial charge < -0.3 is 10.6 Å². The first-order valence-electron chi connectivity index (χ1n) is 7.36. The Kier molecular flexibility index (Phi) is 4.95. The van der Waals surface area contributed by atoms with E-state index in [1.54, 1.807) is 19.1 Å². The molecule has 1 unspecified atom stereocenters. The molecule has 7 heteroatoms. The van der Waals surface area contributed by atoms with E-state index in [2.05, 4.69) is 10.6 Å². The van der Waals surface area contributed by atoms with E-state index in [0.29, 0.717) is 16.1 Å². The van der Waals surface area contributed by atoms with Crippen molar-refractivity contribution in [1.29, 1.82) is 5.26 Å². The molecule has 24 heavy (non-hydrogen) atoms. The first-order chi connectivity index (χ1) is 11.1. The molecule has 0 heterocycles. The van der Waals surface area contributed by atoms with E-state index in [1.807, 2.05) is 6.07 Å². The molecule has 2 N–H and O–H groups in total. The molecule has 2 aromatic carbocycles. The van der Waals surface area contributed by atoms with Gasteiger partial charge in [-0.15, -0.1) is 0 Å². The van der Waals surface area contributed by atoms with Crippen molar-refractivity contribution in [3.63, 3.8) is 0 Å². The van der Waals surface area contributed by atoms with Crippen molar-refractivity contribution in [3.8, 4) is 6.07 Å². The highest BCUT2D eigenvalue weighted by Gasteiger charge is 2.29. The summed E-state index contributed by atoms with van der Waals surface area (Å²) in [5.74, 6) is 0. The maximum absolute atomic E-state index is 13.9. The molecule has 0 fully saturated rings. The number of anilines is 2. The van der Waals surface area contributed by atoms with Gasteiger partial charge in [-0.05, 0) is 38.5 Å². The maximum atomic E-state index is 13.9. The lowest BCUT2D eigenvalue weighted by Crippen LogP contribution is -2.43. The van der Waals surface area contributed by atoms with E-state index in [9.17, 15) is 14.0 Å². The Bertz CT molecular complexity index is 873. The monoisotopic (exact) mass is 349 g/mol. The zero-order valence-electron chi connectivity index (χ0n) is 13.5. The number of benzene rings is 1. The summed E-state index contributed by atoms with van der Waals surface area (Å²) >= 11 is 6.07. The van der Waals surface area contributed by atoms with E-state index in [1.165, 1.54) is 19.9 Å². The topological polar surface area (TPSA) is 82.0 Å². The SMILES string of the molecule is CC(Nc1c(NCc2ccc(C#N)cc2Cl)c(=O)c1=O)C(C)(C)F. The van der Waals surface area contributed by atoms with E-state index in [4.69, 9.17) is 16.9 Å². The summed E-state index contributed by atoms with van der Waals surface area (Å²) in [4.78, 5) is 23.4. The molecule has 5 nitrogen and oxygen atoms in total. The summed E-state index contributed by atoms with van der Waals surface area (Å²) in [6, 6.07) is 6.14. The smallest absolute Gasteiger partial charge is 0.253 e. The lowest BCUT2D eigenvalue weighted by atomic mass is 10.0. The van der Waals surface area contributed by atoms with Gasteiger partial charge >= 0.3 is 0 Å². The highest BCUT2D eigenvalue weighted by Crippen LogP contribution is 2.24. The predicted molar refractivity (Wildman–Crippen MR) is 93.1 cm³/mol. The molecule has 1 atom stereocenters. The number of hydrogen-bond acceptors (Lipinski definition) is 5. The Balaban J connectivity index is 2.15. The average molecular weight is 350 g/mol. The van der Waals surface area contributed by atoms with Gasteiger partial charge in [-0.1, -0.05) is 17.7 Å². The second kappa shape index (κ2) is 6.62. The Morgan fingerprint density at radius 1 is 1.29 bits per heavy atom. The van der Waals surface area contributed by atoms with Gasteiger partial charge in [-0.2, -0.15) is 5.26 Å². The maximum Gasteiger partial charge on any atom is 0.253 e. The summed E-state index contributed by atoms with van der Waals surface area (Å²) in [7, 11) is 0. The highest BCUT2D eigenvalue weighted by molar-refractivity contribution is 6.31. The van der Waals surface area contributed by atoms with E-state index in [-0.39, 0.29) is 17.9 Å². The van der Waals surface area contributed by atoms with Gasteiger partial charge in [-0.25, -0.2) is 4.39 Å². The average Bonchev–Trinajstić information content (AvgIpc) is 2.53. The number of nitrogens with zero attached hydrogens (tertiary/aromatic N) is 1. The molecular weight excluding hydrogens is 333 g/mol. The van der Waals surface area contributed by atoms with Crippen LogP contribution in [0.15, 0.2) is 27.8 Å². The fourth-order valence-corrected chi connectivity index (χ4v) is 2.28. The minimum atomic E-state index is -1.55. The largest absolute Gasteiger partial charge is 0.376 e. The minimum absolute atomic E-state index is 0.0861. The van der Waals surface area contributed by atoms with Crippen LogP contribution in [0.2, 0.25) is 5.02 Å². The molecule has 2 aromatic rings. The standard InChI is InChI=1S/C17H17ClFN3O2/c1-9(17(2,3)19)22-14-13(15(23)16(14)24)21-8-11-5-4-10(7-20)6-12(11)18/h4-6,9,21-22H,8H2,1-3H3. The summed E-state index contributed by atoms with van der Waals surface area (Å²) in [5, 5.41) is 14.8. The fraction of sp³-hybridized carbons (Fsp3) is 0.353. The van der Waals surface area contributed by atoms with Crippen LogP contribution < -0.4 is 21.5 Å². The van der Waals surface area contributed by atoms with Gasteiger partial charge in [0, 0.05) is 11.6 Å². The van der Waals surface area contributed by atoms with Crippen LogP contribution in [0.25, 0.3) is 0 Å². The molecule has 0 bridgehead atoms. The molecule has 0 aliphatic heterocycles. The normalized spacial score (nSPS) is 12.7. The predicted octanol–water partition coefficient (Wildman–Crippen LogP) is 2.97. The van der Waals surface area contributed by atoms with Crippen LogP contribution >= 0.6 is 11.6 Å². The van der Waals surface area contributed by atoms with Crippen molar-refractivity contribution in [2.24, 2.45) is 0 Å². The van der Waals surface area contributed by atoms with Gasteiger partial charge in [0.15, 0.2) is 0 Å². The Labute approximate surface area is 143 Å². The molecule has 0 aliphatic rings. The van der Waals surface area contributed by atoms with Gasteiger partial charge in [0.2, 0.25) is 0 Å². The van der Waals surface area contributed by atoms with Crippen molar-refractivity contribution in [2.75, 3.05) is 10.6 Å². The van der Waals surface area contributed by atoms with Gasteiger partial charge in [0.05, 0.1) is 17.7 Å². The molecular formula is C17H17ClFN3O2. The number of alkyl halides is 1. The molecule has 2 rings (SSSR count). The van der Waals surface area contributed by atoms with Crippen LogP contribution in [0.4, 0.5) is 15.8 Å². The van der Waals surface area contributed by atoms with E-state index in [0.717, 1.165) is 0 Å². The highest BCUT2D eigenvalue weighted by atomic mass is 35.5. The number of rotatable bonds is 6. The van der Waals surface area contributed by atoms with Gasteiger partial charge in [-0.3, -0.25) is 9.59 Å². The molecule has 0 spiro atoms. The molecule has 0 aliphatic carbocycles. The van der Waals surface area contributed by atoms with Crippen LogP contribution in [-0.4, -0.2) is 11.7 Å². The lowest BCUT2D eigenvalue weighted by molar-refractivity contribution is 0.192. The van der Waals surface area contributed by atoms with Crippen LogP contribution in [0, 0.1) is 11.3 Å². The van der Waals surface area contributed by atoms with Crippen molar-refractivity contribution < 1.29 is 4.39 Å². The zero-order chi connectivity index (χ0) is 18.1. The number of hydrogen-bond donors (Lipinski definition) is 2. The summed E-state index contributed by atoms with van der Waals surface area (Å²) in [5.41, 5.74) is -1.55. The molecule has 0 amide bonds. The quantitative estimate of drug-likeness (QED) is 0.783. The van der Waals surface area contributed by atoms with E-state index < -0.39 is 22.6 Å². The second-order valence-corrected chi connectivity index (χ2v) is 6.52. The van der Waals surface area contributed by atoms with Gasteiger partial charge in [0.1, 0.15) is 17.0 Å². The first-order valence-corrected chi connectivity index (χ1v) is 7.74. The van der Waals surface area contributed by atoms with Crippen molar-refractivity contribution >= 4 is 23.0 Å². The Morgan fingerprint density at radius 3 is 2.46 bits per heavy atom. The summed E-state index contributed by atoms with van der Waals surface area (Å²) in [6.07, 6.45) is 0. The number of nitriles is 1. The van der Waals surface area contributed by atoms with Crippen molar-refractivity contribution in [3.05, 3.63) is 54.8 Å². The number of nitrogens with one attached hydrogen (secondary N) is 2. The second-order valence-electron chi connectivity index (χ2n) is 6.11. The fourth-order valence-electron chi connectivity index (χ4n) is 2.03. The first kappa shape index (κ1) is 18.0. The van der Waals surface area contributed by atoms with Gasteiger partial charge in [0.25, 0.3) is 10.9 Å². The van der Waals surface area contributed by atoms with Crippen molar-refractivity contribution in [2.45, 2.75) is 39.0 Å². The lowest BCUT2D eigenvalue weighted by Gasteiger charge is -2.26. The minimum Gasteiger partial charge on any atom is -0.376 e. The van der Waals surface area contributed by atoms with Crippen molar-refractivity contribution in [1.82, 2.24) is 0 Å². The zero-order valence-corrected chi connectivity index (χ0v) is 14.3. The van der Waals surface area contributed by atoms with Crippen LogP contribution in [0.5, 0.6) is 0 Å². The summed E-state index contributed by atoms with van der Waals surface area (Å²) < 4.78 is 13.9. The molecule has 0 radical (unpaired) electrons. The third-order valence-electron chi connectivity index (χ3n) is 3.94. The summed E-state index contributed by atoms with van der Waals surface area (Å²) in [6.45, 7) is 4.58. The Morgan fingerprint density at radius 2 is 1.92 bits per heavy atom. The third-order valence-corrected chi connectivity index (χ3v) is 4.29. The molecule has 0 saturated carbocycles. The van der Waals surface area contributed by atoms with Crippen LogP contribution in [-0.2, 0) is 6.54 Å². The Hall–Kier alpha value is -2.39.